The number of anilines is 1. The maximum atomic E-state index is 5.63. The van der Waals surface area contributed by atoms with Crippen molar-refractivity contribution in [2.24, 2.45) is 0 Å². The Morgan fingerprint density at radius 2 is 1.81 bits per heavy atom. The predicted molar refractivity (Wildman–Crippen MR) is 62.8 cm³/mol. The van der Waals surface area contributed by atoms with Crippen molar-refractivity contribution in [1.82, 2.24) is 14.6 Å². The molecule has 1 aromatic carbocycles. The molecule has 2 N–H and O–H groups in total. The molecule has 3 rings (SSSR count). The summed E-state index contributed by atoms with van der Waals surface area (Å²) in [5, 5.41) is 4.38. The maximum absolute atomic E-state index is 5.63. The number of hydrogen-bond donors (Lipinski definition) is 1. The summed E-state index contributed by atoms with van der Waals surface area (Å²) in [4.78, 5) is 4.42. The zero-order valence-electron chi connectivity index (χ0n) is 8.54. The molecule has 0 bridgehead atoms. The number of nitrogen functional groups attached to an aromatic ring is 1. The van der Waals surface area contributed by atoms with Crippen LogP contribution in [0.1, 0.15) is 0 Å². The summed E-state index contributed by atoms with van der Waals surface area (Å²) >= 11 is 0. The van der Waals surface area contributed by atoms with E-state index in [1.165, 1.54) is 0 Å². The van der Waals surface area contributed by atoms with Crippen LogP contribution in [0.15, 0.2) is 48.7 Å². The smallest absolute Gasteiger partial charge is 0.182 e. The average molecular weight is 210 g/mol. The van der Waals surface area contributed by atoms with Crippen molar-refractivity contribution in [2.45, 2.75) is 0 Å². The minimum atomic E-state index is 0.714. The molecule has 0 aliphatic heterocycles. The standard InChI is InChI=1S/C12H10N4/c13-10-6-4-9(5-7-10)12-14-11-3-1-2-8-16(11)15-12/h1-8H,13H2. The monoisotopic (exact) mass is 210 g/mol. The first-order chi connectivity index (χ1) is 7.83. The lowest BCUT2D eigenvalue weighted by atomic mass is 10.2. The summed E-state index contributed by atoms with van der Waals surface area (Å²) in [7, 11) is 0. The number of fused-ring (bicyclic) bond motifs is 1. The van der Waals surface area contributed by atoms with E-state index in [-0.39, 0.29) is 0 Å². The van der Waals surface area contributed by atoms with Gasteiger partial charge in [0.15, 0.2) is 11.5 Å². The first kappa shape index (κ1) is 8.91. The summed E-state index contributed by atoms with van der Waals surface area (Å²) < 4.78 is 1.76. The molecule has 78 valence electrons. The van der Waals surface area contributed by atoms with Crippen LogP contribution in [0.5, 0.6) is 0 Å². The van der Waals surface area contributed by atoms with Gasteiger partial charge in [0.1, 0.15) is 0 Å². The van der Waals surface area contributed by atoms with Gasteiger partial charge in [-0.25, -0.2) is 9.50 Å². The molecule has 0 amide bonds. The molecule has 0 fully saturated rings. The molecular weight excluding hydrogens is 200 g/mol. The van der Waals surface area contributed by atoms with Crippen LogP contribution in [0.3, 0.4) is 0 Å². The molecule has 0 radical (unpaired) electrons. The van der Waals surface area contributed by atoms with Crippen LogP contribution < -0.4 is 5.73 Å². The van der Waals surface area contributed by atoms with Crippen LogP contribution in [0.4, 0.5) is 5.69 Å². The van der Waals surface area contributed by atoms with Crippen molar-refractivity contribution in [3.05, 3.63) is 48.7 Å². The van der Waals surface area contributed by atoms with E-state index >= 15 is 0 Å². The fraction of sp³-hybridized carbons (Fsp3) is 0. The van der Waals surface area contributed by atoms with Crippen molar-refractivity contribution < 1.29 is 0 Å². The third kappa shape index (κ3) is 1.40. The normalized spacial score (nSPS) is 10.8. The minimum absolute atomic E-state index is 0.714. The van der Waals surface area contributed by atoms with E-state index < -0.39 is 0 Å². The summed E-state index contributed by atoms with van der Waals surface area (Å²) in [6.07, 6.45) is 1.88. The van der Waals surface area contributed by atoms with Crippen molar-refractivity contribution in [3.63, 3.8) is 0 Å². The zero-order chi connectivity index (χ0) is 11.0. The Hall–Kier alpha value is -2.36. The third-order valence-electron chi connectivity index (χ3n) is 2.41. The van der Waals surface area contributed by atoms with Gasteiger partial charge in [-0.05, 0) is 36.4 Å². The molecule has 3 aromatic rings. The molecule has 0 saturated heterocycles. The Morgan fingerprint density at radius 1 is 1.00 bits per heavy atom. The molecular formula is C12H10N4. The van der Waals surface area contributed by atoms with E-state index in [1.54, 1.807) is 4.52 Å². The lowest BCUT2D eigenvalue weighted by Gasteiger charge is -1.94. The first-order valence-corrected chi connectivity index (χ1v) is 5.00. The highest BCUT2D eigenvalue weighted by molar-refractivity contribution is 5.60. The van der Waals surface area contributed by atoms with Gasteiger partial charge < -0.3 is 5.73 Å². The Labute approximate surface area is 92.4 Å². The summed E-state index contributed by atoms with van der Waals surface area (Å²) in [6, 6.07) is 13.3. The number of hydrogen-bond acceptors (Lipinski definition) is 3. The van der Waals surface area contributed by atoms with Crippen molar-refractivity contribution in [1.29, 1.82) is 0 Å². The quantitative estimate of drug-likeness (QED) is 0.625. The SMILES string of the molecule is Nc1ccc(-c2nc3ccccn3n2)cc1. The molecule has 0 atom stereocenters. The molecule has 2 aromatic heterocycles. The second-order valence-corrected chi connectivity index (χ2v) is 3.56. The lowest BCUT2D eigenvalue weighted by Crippen LogP contribution is -1.86. The minimum Gasteiger partial charge on any atom is -0.399 e. The number of rotatable bonds is 1. The van der Waals surface area contributed by atoms with Gasteiger partial charge in [0, 0.05) is 17.4 Å². The number of aromatic nitrogens is 3. The van der Waals surface area contributed by atoms with Crippen molar-refractivity contribution in [3.8, 4) is 11.4 Å². The lowest BCUT2D eigenvalue weighted by molar-refractivity contribution is 0.966. The van der Waals surface area contributed by atoms with Gasteiger partial charge in [-0.1, -0.05) is 6.07 Å². The highest BCUT2D eigenvalue weighted by atomic mass is 15.3. The van der Waals surface area contributed by atoms with Gasteiger partial charge in [-0.3, -0.25) is 0 Å². The van der Waals surface area contributed by atoms with E-state index in [0.29, 0.717) is 5.82 Å². The van der Waals surface area contributed by atoms with Crippen molar-refractivity contribution in [2.75, 3.05) is 5.73 Å². The third-order valence-corrected chi connectivity index (χ3v) is 2.41. The van der Waals surface area contributed by atoms with Gasteiger partial charge in [0.05, 0.1) is 0 Å². The van der Waals surface area contributed by atoms with E-state index in [2.05, 4.69) is 10.1 Å². The van der Waals surface area contributed by atoms with Gasteiger partial charge >= 0.3 is 0 Å². The molecule has 0 spiro atoms. The molecule has 0 aliphatic carbocycles. The Balaban J connectivity index is 2.15. The highest BCUT2D eigenvalue weighted by Gasteiger charge is 2.04. The van der Waals surface area contributed by atoms with Crippen molar-refractivity contribution >= 4 is 11.3 Å². The van der Waals surface area contributed by atoms with Gasteiger partial charge in [0.2, 0.25) is 0 Å². The van der Waals surface area contributed by atoms with E-state index in [0.717, 1.165) is 16.9 Å². The van der Waals surface area contributed by atoms with Crippen LogP contribution >= 0.6 is 0 Å². The van der Waals surface area contributed by atoms with Crippen LogP contribution in [-0.2, 0) is 0 Å². The Kier molecular flexibility index (Phi) is 1.86. The van der Waals surface area contributed by atoms with E-state index in [4.69, 9.17) is 5.73 Å². The van der Waals surface area contributed by atoms with Gasteiger partial charge in [0.25, 0.3) is 0 Å². The predicted octanol–water partition coefficient (Wildman–Crippen LogP) is 1.98. The van der Waals surface area contributed by atoms with Gasteiger partial charge in [-0.15, -0.1) is 5.10 Å². The van der Waals surface area contributed by atoms with E-state index in [1.807, 2.05) is 48.7 Å². The fourth-order valence-electron chi connectivity index (χ4n) is 1.59. The van der Waals surface area contributed by atoms with Gasteiger partial charge in [-0.2, -0.15) is 0 Å². The Morgan fingerprint density at radius 3 is 2.56 bits per heavy atom. The zero-order valence-corrected chi connectivity index (χ0v) is 8.54. The molecule has 0 aliphatic rings. The molecule has 2 heterocycles. The molecule has 0 unspecified atom stereocenters. The second-order valence-electron chi connectivity index (χ2n) is 3.56. The highest BCUT2D eigenvalue weighted by Crippen LogP contribution is 2.17. The molecule has 16 heavy (non-hydrogen) atoms. The topological polar surface area (TPSA) is 56.2 Å². The van der Waals surface area contributed by atoms with Crippen LogP contribution in [0.2, 0.25) is 0 Å². The van der Waals surface area contributed by atoms with Crippen LogP contribution in [-0.4, -0.2) is 14.6 Å². The number of pyridine rings is 1. The maximum Gasteiger partial charge on any atom is 0.182 e. The summed E-state index contributed by atoms with van der Waals surface area (Å²) in [5.74, 6) is 0.714. The number of nitrogens with zero attached hydrogens (tertiary/aromatic N) is 3. The van der Waals surface area contributed by atoms with Crippen LogP contribution in [0, 0.1) is 0 Å². The van der Waals surface area contributed by atoms with Crippen LogP contribution in [0.25, 0.3) is 17.0 Å². The molecule has 4 heteroatoms. The molecule has 0 saturated carbocycles. The first-order valence-electron chi connectivity index (χ1n) is 5.00. The Bertz CT molecular complexity index is 592. The average Bonchev–Trinajstić information content (AvgIpc) is 2.73. The number of benzene rings is 1. The fourth-order valence-corrected chi connectivity index (χ4v) is 1.59. The summed E-state index contributed by atoms with van der Waals surface area (Å²) in [6.45, 7) is 0. The number of nitrogens with two attached hydrogens (primary N) is 1. The summed E-state index contributed by atoms with van der Waals surface area (Å²) in [5.41, 5.74) is 8.19. The largest absolute Gasteiger partial charge is 0.399 e. The van der Waals surface area contributed by atoms with E-state index in [9.17, 15) is 0 Å². The second kappa shape index (κ2) is 3.34. The molecule has 4 nitrogen and oxygen atoms in total.